The Morgan fingerprint density at radius 2 is 0.792 bits per heavy atom. The molecule has 0 N–H and O–H groups in total. The molecular formula is C50H32N2O. The fourth-order valence-corrected chi connectivity index (χ4v) is 7.35. The molecule has 0 saturated carbocycles. The van der Waals surface area contributed by atoms with Crippen molar-refractivity contribution in [1.82, 2.24) is 9.97 Å². The van der Waals surface area contributed by atoms with Gasteiger partial charge < -0.3 is 4.42 Å². The Balaban J connectivity index is 1.14. The van der Waals surface area contributed by atoms with Gasteiger partial charge in [0.2, 0.25) is 0 Å². The van der Waals surface area contributed by atoms with Gasteiger partial charge in [0.05, 0.1) is 11.4 Å². The Labute approximate surface area is 307 Å². The Hall–Kier alpha value is -7.10. The van der Waals surface area contributed by atoms with Crippen molar-refractivity contribution in [3.05, 3.63) is 194 Å². The SMILES string of the molecule is c1ccc(-c2ccc(-c3cc(-c4ccccc4)nc(-c4cc(-c5ccccc5)cc(-c5ccc6c(c5)oc5c7ccccc7ccc65)c4)n3)cc2)cc1. The summed E-state index contributed by atoms with van der Waals surface area (Å²) >= 11 is 0. The van der Waals surface area contributed by atoms with Crippen LogP contribution in [-0.2, 0) is 0 Å². The first kappa shape index (κ1) is 30.7. The second-order valence-corrected chi connectivity index (χ2v) is 13.4. The number of benzene rings is 8. The molecule has 0 aliphatic rings. The highest BCUT2D eigenvalue weighted by molar-refractivity contribution is 6.15. The zero-order valence-corrected chi connectivity index (χ0v) is 28.8. The lowest BCUT2D eigenvalue weighted by Crippen LogP contribution is -1.97. The lowest BCUT2D eigenvalue weighted by molar-refractivity contribution is 0.673. The van der Waals surface area contributed by atoms with E-state index in [9.17, 15) is 0 Å². The standard InChI is InChI=1S/C50H32N2O/c1-4-12-33(13-5-1)35-20-22-38(23-21-35)47-32-46(37-17-8-3-9-18-37)51-50(52-47)42-29-40(34-14-6-2-7-15-34)28-41(30-42)39-25-26-44-45-27-24-36-16-10-11-19-43(36)49(45)53-48(44)31-39/h1-32H. The summed E-state index contributed by atoms with van der Waals surface area (Å²) < 4.78 is 6.60. The smallest absolute Gasteiger partial charge is 0.160 e. The summed E-state index contributed by atoms with van der Waals surface area (Å²) in [4.78, 5) is 10.5. The van der Waals surface area contributed by atoms with E-state index in [1.165, 1.54) is 16.5 Å². The van der Waals surface area contributed by atoms with Gasteiger partial charge in [-0.2, -0.15) is 0 Å². The van der Waals surface area contributed by atoms with E-state index in [-0.39, 0.29) is 0 Å². The van der Waals surface area contributed by atoms with Crippen LogP contribution in [0.2, 0.25) is 0 Å². The van der Waals surface area contributed by atoms with Gasteiger partial charge in [0.25, 0.3) is 0 Å². The minimum absolute atomic E-state index is 0.670. The number of aromatic nitrogens is 2. The van der Waals surface area contributed by atoms with Gasteiger partial charge in [-0.25, -0.2) is 9.97 Å². The van der Waals surface area contributed by atoms with Gasteiger partial charge in [-0.1, -0.05) is 152 Å². The molecule has 10 rings (SSSR count). The number of nitrogens with zero attached hydrogens (tertiary/aromatic N) is 2. The molecule has 0 spiro atoms. The minimum Gasteiger partial charge on any atom is -0.455 e. The molecule has 0 saturated heterocycles. The van der Waals surface area contributed by atoms with E-state index in [1.807, 2.05) is 12.1 Å². The van der Waals surface area contributed by atoms with Gasteiger partial charge in [-0.3, -0.25) is 0 Å². The van der Waals surface area contributed by atoms with Crippen molar-refractivity contribution in [3.63, 3.8) is 0 Å². The summed E-state index contributed by atoms with van der Waals surface area (Å²) in [5.41, 5.74) is 13.3. The van der Waals surface area contributed by atoms with Crippen LogP contribution in [0.1, 0.15) is 0 Å². The van der Waals surface area contributed by atoms with Crippen LogP contribution in [0.15, 0.2) is 199 Å². The molecule has 8 aromatic carbocycles. The first-order valence-corrected chi connectivity index (χ1v) is 17.9. The van der Waals surface area contributed by atoms with Crippen LogP contribution in [0.3, 0.4) is 0 Å². The second-order valence-electron chi connectivity index (χ2n) is 13.4. The summed E-state index contributed by atoms with van der Waals surface area (Å²) in [7, 11) is 0. The van der Waals surface area contributed by atoms with Crippen molar-refractivity contribution < 1.29 is 4.42 Å². The maximum Gasteiger partial charge on any atom is 0.160 e. The monoisotopic (exact) mass is 676 g/mol. The molecule has 248 valence electrons. The molecule has 3 nitrogen and oxygen atoms in total. The zero-order chi connectivity index (χ0) is 35.1. The third kappa shape index (κ3) is 5.75. The third-order valence-electron chi connectivity index (χ3n) is 10.1. The predicted octanol–water partition coefficient (Wildman–Crippen LogP) is 13.5. The number of hydrogen-bond donors (Lipinski definition) is 0. The first-order chi connectivity index (χ1) is 26.2. The summed E-state index contributed by atoms with van der Waals surface area (Å²) in [6, 6.07) is 68.0. The van der Waals surface area contributed by atoms with Crippen LogP contribution in [0.25, 0.3) is 100.0 Å². The summed E-state index contributed by atoms with van der Waals surface area (Å²) in [5.74, 6) is 0.670. The molecule has 0 unspecified atom stereocenters. The van der Waals surface area contributed by atoms with Crippen LogP contribution in [0.5, 0.6) is 0 Å². The minimum atomic E-state index is 0.670. The van der Waals surface area contributed by atoms with E-state index in [0.29, 0.717) is 5.82 Å². The van der Waals surface area contributed by atoms with Crippen molar-refractivity contribution in [2.75, 3.05) is 0 Å². The quantitative estimate of drug-likeness (QED) is 0.176. The highest BCUT2D eigenvalue weighted by Gasteiger charge is 2.16. The molecule has 3 heteroatoms. The fourth-order valence-electron chi connectivity index (χ4n) is 7.35. The Kier molecular flexibility index (Phi) is 7.47. The van der Waals surface area contributed by atoms with E-state index < -0.39 is 0 Å². The molecule has 0 radical (unpaired) electrons. The van der Waals surface area contributed by atoms with Gasteiger partial charge in [-0.05, 0) is 81.2 Å². The van der Waals surface area contributed by atoms with Gasteiger partial charge in [0.15, 0.2) is 5.82 Å². The van der Waals surface area contributed by atoms with Crippen molar-refractivity contribution in [1.29, 1.82) is 0 Å². The number of hydrogen-bond acceptors (Lipinski definition) is 3. The lowest BCUT2D eigenvalue weighted by atomic mass is 9.95. The Morgan fingerprint density at radius 3 is 1.49 bits per heavy atom. The number of furan rings is 1. The molecule has 0 aliphatic carbocycles. The maximum atomic E-state index is 6.60. The Bertz CT molecular complexity index is 2910. The topological polar surface area (TPSA) is 38.9 Å². The van der Waals surface area contributed by atoms with Crippen LogP contribution < -0.4 is 0 Å². The van der Waals surface area contributed by atoms with Crippen LogP contribution in [0.4, 0.5) is 0 Å². The molecule has 0 fully saturated rings. The van der Waals surface area contributed by atoms with E-state index in [0.717, 1.165) is 77.7 Å². The predicted molar refractivity (Wildman–Crippen MR) is 219 cm³/mol. The van der Waals surface area contributed by atoms with Crippen LogP contribution in [-0.4, -0.2) is 9.97 Å². The maximum absolute atomic E-state index is 6.60. The van der Waals surface area contributed by atoms with Gasteiger partial charge >= 0.3 is 0 Å². The average molecular weight is 677 g/mol. The molecule has 53 heavy (non-hydrogen) atoms. The van der Waals surface area contributed by atoms with E-state index in [2.05, 4.69) is 182 Å². The van der Waals surface area contributed by atoms with Gasteiger partial charge in [0, 0.05) is 32.8 Å². The summed E-state index contributed by atoms with van der Waals surface area (Å²) in [5, 5.41) is 4.52. The third-order valence-corrected chi connectivity index (χ3v) is 10.1. The lowest BCUT2D eigenvalue weighted by Gasteiger charge is -2.13. The normalized spacial score (nSPS) is 11.4. The van der Waals surface area contributed by atoms with Crippen molar-refractivity contribution in [2.45, 2.75) is 0 Å². The molecule has 2 aromatic heterocycles. The largest absolute Gasteiger partial charge is 0.455 e. The number of fused-ring (bicyclic) bond motifs is 5. The van der Waals surface area contributed by atoms with E-state index >= 15 is 0 Å². The fraction of sp³-hybridized carbons (Fsp3) is 0. The molecule has 0 amide bonds. The Morgan fingerprint density at radius 1 is 0.302 bits per heavy atom. The molecular weight excluding hydrogens is 645 g/mol. The van der Waals surface area contributed by atoms with Gasteiger partial charge in [0.1, 0.15) is 11.2 Å². The molecule has 0 bridgehead atoms. The highest BCUT2D eigenvalue weighted by Crippen LogP contribution is 2.39. The average Bonchev–Trinajstić information content (AvgIpc) is 3.63. The van der Waals surface area contributed by atoms with E-state index in [4.69, 9.17) is 14.4 Å². The van der Waals surface area contributed by atoms with Crippen LogP contribution in [0, 0.1) is 0 Å². The summed E-state index contributed by atoms with van der Waals surface area (Å²) in [6.45, 7) is 0. The van der Waals surface area contributed by atoms with E-state index in [1.54, 1.807) is 0 Å². The second kappa shape index (κ2) is 12.9. The zero-order valence-electron chi connectivity index (χ0n) is 28.8. The van der Waals surface area contributed by atoms with Crippen molar-refractivity contribution in [3.8, 4) is 67.3 Å². The first-order valence-electron chi connectivity index (χ1n) is 17.9. The molecule has 2 heterocycles. The molecule has 10 aromatic rings. The number of rotatable bonds is 6. The molecule has 0 atom stereocenters. The summed E-state index contributed by atoms with van der Waals surface area (Å²) in [6.07, 6.45) is 0. The van der Waals surface area contributed by atoms with Gasteiger partial charge in [-0.15, -0.1) is 0 Å². The van der Waals surface area contributed by atoms with Crippen molar-refractivity contribution in [2.24, 2.45) is 0 Å². The highest BCUT2D eigenvalue weighted by atomic mass is 16.3. The van der Waals surface area contributed by atoms with Crippen molar-refractivity contribution >= 4 is 32.7 Å². The van der Waals surface area contributed by atoms with Crippen LogP contribution >= 0.6 is 0 Å². The molecule has 0 aliphatic heterocycles.